The van der Waals surface area contributed by atoms with E-state index in [9.17, 15) is 4.79 Å². The van der Waals surface area contributed by atoms with Gasteiger partial charge in [-0.05, 0) is 18.2 Å². The van der Waals surface area contributed by atoms with Crippen LogP contribution in [0.5, 0.6) is 0 Å². The number of halogens is 2. The van der Waals surface area contributed by atoms with Gasteiger partial charge in [-0.2, -0.15) is 0 Å². The first kappa shape index (κ1) is 19.4. The van der Waals surface area contributed by atoms with Gasteiger partial charge in [0.2, 0.25) is 0 Å². The Hall–Kier alpha value is -1.14. The fraction of sp³-hybridized carbons (Fsp3) is 0. The number of nitrogens with zero attached hydrogens (tertiary/aromatic N) is 1. The van der Waals surface area contributed by atoms with Gasteiger partial charge in [0.25, 0.3) is 5.56 Å². The molecule has 0 amide bonds. The van der Waals surface area contributed by atoms with Crippen molar-refractivity contribution in [2.24, 2.45) is 0 Å². The van der Waals surface area contributed by atoms with E-state index in [2.05, 4.69) is 9.97 Å². The van der Waals surface area contributed by atoms with E-state index in [1.165, 1.54) is 6.20 Å². The highest BCUT2D eigenvalue weighted by Crippen LogP contribution is 2.10. The minimum atomic E-state index is -0.181. The molecule has 15 heavy (non-hydrogen) atoms. The molecule has 0 aromatic heterocycles. The second-order valence-electron chi connectivity index (χ2n) is 2.25. The van der Waals surface area contributed by atoms with E-state index in [4.69, 9.17) is 0 Å². The highest BCUT2D eigenvalue weighted by molar-refractivity contribution is 5.85. The zero-order valence-electron chi connectivity index (χ0n) is 7.56. The van der Waals surface area contributed by atoms with E-state index in [0.717, 1.165) is 5.69 Å². The summed E-state index contributed by atoms with van der Waals surface area (Å²) in [5.74, 6) is 0. The Morgan fingerprint density at radius 1 is 1.13 bits per heavy atom. The molecule has 2 aliphatic rings. The van der Waals surface area contributed by atoms with Gasteiger partial charge >= 0.3 is 0 Å². The molecule has 0 spiro atoms. The minimum Gasteiger partial charge on any atom is -0.412 e. The fourth-order valence-corrected chi connectivity index (χ4v) is 1.02. The topological polar surface area (TPSA) is 109 Å². The van der Waals surface area contributed by atoms with Crippen LogP contribution in [0.2, 0.25) is 0 Å². The second kappa shape index (κ2) is 8.19. The first-order chi connectivity index (χ1) is 5.38. The summed E-state index contributed by atoms with van der Waals surface area (Å²) in [6.45, 7) is 0. The maximum atomic E-state index is 11.0. The van der Waals surface area contributed by atoms with Crippen molar-refractivity contribution in [3.8, 4) is 11.3 Å². The Kier molecular flexibility index (Phi) is 10.6. The van der Waals surface area contributed by atoms with Gasteiger partial charge < -0.3 is 15.9 Å². The van der Waals surface area contributed by atoms with Crippen LogP contribution in [-0.2, 0) is 0 Å². The molecule has 7 heteroatoms. The normalized spacial score (nSPS) is 7.47. The van der Waals surface area contributed by atoms with Gasteiger partial charge in [-0.15, -0.1) is 24.8 Å². The first-order valence-corrected chi connectivity index (χ1v) is 3.30. The zero-order valence-corrected chi connectivity index (χ0v) is 9.19. The standard InChI is InChI=1S/C8H6N2O.2ClH.2H2O/c11-8-6-2-1-4-9-7(6)3-5-10-8;;;;/h1-5,9H;2*1H;2*1H2. The molecule has 0 fully saturated rings. The molecular formula is C8H12Cl2N2O3. The predicted octanol–water partition coefficient (Wildman–Crippen LogP) is 0.0689. The van der Waals surface area contributed by atoms with Gasteiger partial charge in [-0.25, -0.2) is 4.98 Å². The van der Waals surface area contributed by atoms with Crippen LogP contribution in [0.3, 0.4) is 0 Å². The maximum absolute atomic E-state index is 11.0. The molecule has 0 aromatic rings. The van der Waals surface area contributed by atoms with Crippen molar-refractivity contribution >= 4 is 24.8 Å². The Bertz CT molecular complexity index is 407. The molecule has 5 N–H and O–H groups in total. The lowest BCUT2D eigenvalue weighted by molar-refractivity contribution is 0.823. The number of hydrogen-bond acceptors (Lipinski definition) is 2. The Morgan fingerprint density at radius 2 is 1.80 bits per heavy atom. The van der Waals surface area contributed by atoms with Crippen molar-refractivity contribution in [3.63, 3.8) is 0 Å². The zero-order chi connectivity index (χ0) is 7.68. The monoisotopic (exact) mass is 254 g/mol. The van der Waals surface area contributed by atoms with Gasteiger partial charge in [-0.3, -0.25) is 4.79 Å². The van der Waals surface area contributed by atoms with Gasteiger partial charge in [0.15, 0.2) is 0 Å². The minimum absolute atomic E-state index is 0. The van der Waals surface area contributed by atoms with Gasteiger partial charge in [0.1, 0.15) is 0 Å². The number of aromatic nitrogens is 2. The van der Waals surface area contributed by atoms with Crippen LogP contribution in [0.4, 0.5) is 0 Å². The number of pyridine rings is 2. The van der Waals surface area contributed by atoms with Crippen LogP contribution < -0.4 is 5.56 Å². The number of rotatable bonds is 0. The molecule has 0 saturated heterocycles. The highest BCUT2D eigenvalue weighted by Gasteiger charge is 2.02. The summed E-state index contributed by atoms with van der Waals surface area (Å²) in [7, 11) is 0. The smallest absolute Gasteiger partial charge is 0.279 e. The molecule has 2 rings (SSSR count). The van der Waals surface area contributed by atoms with Gasteiger partial charge in [0, 0.05) is 12.4 Å². The van der Waals surface area contributed by atoms with Gasteiger partial charge in [0.05, 0.1) is 11.3 Å². The van der Waals surface area contributed by atoms with Crippen LogP contribution in [-0.4, -0.2) is 20.9 Å². The van der Waals surface area contributed by atoms with E-state index in [0.29, 0.717) is 5.56 Å². The summed E-state index contributed by atoms with van der Waals surface area (Å²) in [5.41, 5.74) is 1.28. The molecule has 0 bridgehead atoms. The molecule has 0 saturated carbocycles. The summed E-state index contributed by atoms with van der Waals surface area (Å²) >= 11 is 0. The molecule has 0 atom stereocenters. The molecule has 0 radical (unpaired) electrons. The second-order valence-corrected chi connectivity index (χ2v) is 2.25. The largest absolute Gasteiger partial charge is 0.412 e. The van der Waals surface area contributed by atoms with Crippen molar-refractivity contribution in [2.45, 2.75) is 0 Å². The summed E-state index contributed by atoms with van der Waals surface area (Å²) < 4.78 is 0. The van der Waals surface area contributed by atoms with Crippen molar-refractivity contribution < 1.29 is 11.0 Å². The highest BCUT2D eigenvalue weighted by atomic mass is 35.5. The average molecular weight is 255 g/mol. The first-order valence-electron chi connectivity index (χ1n) is 3.30. The van der Waals surface area contributed by atoms with Crippen LogP contribution in [0.1, 0.15) is 0 Å². The average Bonchev–Trinajstić information content (AvgIpc) is 2.06. The van der Waals surface area contributed by atoms with Crippen molar-refractivity contribution in [1.82, 2.24) is 9.97 Å². The Morgan fingerprint density at radius 3 is 2.40 bits per heavy atom. The molecule has 2 aliphatic heterocycles. The fourth-order valence-electron chi connectivity index (χ4n) is 1.02. The van der Waals surface area contributed by atoms with E-state index in [1.54, 1.807) is 24.4 Å². The lowest BCUT2D eigenvalue weighted by Crippen LogP contribution is -2.08. The molecular weight excluding hydrogens is 243 g/mol. The molecule has 5 nitrogen and oxygen atoms in total. The van der Waals surface area contributed by atoms with Gasteiger partial charge in [-0.1, -0.05) is 0 Å². The quantitative estimate of drug-likeness (QED) is 0.718. The third kappa shape index (κ3) is 3.85. The number of aromatic amines is 1. The van der Waals surface area contributed by atoms with E-state index < -0.39 is 0 Å². The van der Waals surface area contributed by atoms with Crippen molar-refractivity contribution in [3.05, 3.63) is 40.9 Å². The van der Waals surface area contributed by atoms with E-state index in [1.807, 2.05) is 0 Å². The lowest BCUT2D eigenvalue weighted by Gasteiger charge is -1.99. The predicted molar refractivity (Wildman–Crippen MR) is 63.2 cm³/mol. The third-order valence-electron chi connectivity index (χ3n) is 1.55. The van der Waals surface area contributed by atoms with Crippen molar-refractivity contribution in [2.75, 3.05) is 0 Å². The Labute approximate surface area is 98.3 Å². The number of fused-ring (bicyclic) bond motifs is 1. The summed E-state index contributed by atoms with van der Waals surface area (Å²) in [4.78, 5) is 17.6. The number of nitrogens with one attached hydrogen (secondary N) is 1. The maximum Gasteiger partial charge on any atom is 0.279 e. The molecule has 86 valence electrons. The summed E-state index contributed by atoms with van der Waals surface area (Å²) in [5, 5.41) is 0. The van der Waals surface area contributed by atoms with Crippen LogP contribution >= 0.6 is 24.8 Å². The van der Waals surface area contributed by atoms with Crippen LogP contribution in [0, 0.1) is 0 Å². The summed E-state index contributed by atoms with van der Waals surface area (Å²) in [6.07, 6.45) is 3.28. The molecule has 2 heterocycles. The SMILES string of the molecule is Cl.Cl.O.O.O=c1nccc2[nH]cccc1-2. The van der Waals surface area contributed by atoms with Crippen LogP contribution in [0.15, 0.2) is 35.4 Å². The molecule has 0 aromatic carbocycles. The Balaban J connectivity index is -0.000000360. The number of H-pyrrole nitrogens is 1. The van der Waals surface area contributed by atoms with E-state index in [-0.39, 0.29) is 41.3 Å². The lowest BCUT2D eigenvalue weighted by atomic mass is 10.2. The van der Waals surface area contributed by atoms with E-state index >= 15 is 0 Å². The number of hydrogen-bond donors (Lipinski definition) is 1. The summed E-state index contributed by atoms with van der Waals surface area (Å²) in [6, 6.07) is 5.31. The van der Waals surface area contributed by atoms with Crippen LogP contribution in [0.25, 0.3) is 11.3 Å². The van der Waals surface area contributed by atoms with Crippen molar-refractivity contribution in [1.29, 1.82) is 0 Å². The molecule has 0 aliphatic carbocycles. The molecule has 0 unspecified atom stereocenters. The third-order valence-corrected chi connectivity index (χ3v) is 1.55.